The summed E-state index contributed by atoms with van der Waals surface area (Å²) in [6.45, 7) is 2.83. The number of rotatable bonds is 6. The first kappa shape index (κ1) is 16.9. The number of nitrogens with zero attached hydrogens (tertiary/aromatic N) is 6. The van der Waals surface area contributed by atoms with E-state index in [1.807, 2.05) is 4.90 Å². The summed E-state index contributed by atoms with van der Waals surface area (Å²) in [6.07, 6.45) is 6.61. The van der Waals surface area contributed by atoms with Crippen LogP contribution in [0.1, 0.15) is 25.7 Å². The fourth-order valence-corrected chi connectivity index (χ4v) is 4.35. The number of likely N-dealkylation sites (N-methyl/N-ethyl adjacent to an activating group) is 1. The molecule has 1 aliphatic heterocycles. The first-order chi connectivity index (χ1) is 12.1. The van der Waals surface area contributed by atoms with Crippen molar-refractivity contribution in [2.24, 2.45) is 17.8 Å². The van der Waals surface area contributed by atoms with Crippen molar-refractivity contribution in [1.29, 1.82) is 0 Å². The second kappa shape index (κ2) is 6.99. The smallest absolute Gasteiger partial charge is 0.244 e. The molecule has 25 heavy (non-hydrogen) atoms. The molecule has 3 fully saturated rings. The van der Waals surface area contributed by atoms with Crippen molar-refractivity contribution in [2.75, 3.05) is 33.8 Å². The van der Waals surface area contributed by atoms with Gasteiger partial charge in [-0.2, -0.15) is 0 Å². The maximum absolute atomic E-state index is 12.5. The third kappa shape index (κ3) is 3.84. The van der Waals surface area contributed by atoms with E-state index in [1.165, 1.54) is 23.9 Å². The van der Waals surface area contributed by atoms with Crippen molar-refractivity contribution in [2.45, 2.75) is 44.4 Å². The number of carbonyl (C=O) groups is 1. The molecule has 8 nitrogen and oxygen atoms in total. The van der Waals surface area contributed by atoms with Crippen LogP contribution in [-0.2, 0) is 16.1 Å². The van der Waals surface area contributed by atoms with Gasteiger partial charge in [-0.3, -0.25) is 4.79 Å². The van der Waals surface area contributed by atoms with Crippen LogP contribution >= 0.6 is 0 Å². The first-order valence-electron chi connectivity index (χ1n) is 9.36. The standard InChI is InChI=1S/C17H28N6O2/c1-21(2)15-5-13-7-22(17(24)9-23-11-18-19-20-23)8-14(13)6-16(15)25-10-12-3-4-12/h11-16H,3-10H2,1-2H3/t13-,14+,15-,16-/m1/s1. The van der Waals surface area contributed by atoms with E-state index in [1.54, 1.807) is 0 Å². The molecule has 8 heteroatoms. The fourth-order valence-electron chi connectivity index (χ4n) is 4.35. The number of carbonyl (C=O) groups excluding carboxylic acids is 1. The topological polar surface area (TPSA) is 76.4 Å². The van der Waals surface area contributed by atoms with E-state index >= 15 is 0 Å². The molecule has 0 unspecified atom stereocenters. The van der Waals surface area contributed by atoms with Crippen LogP contribution in [-0.4, -0.2) is 81.9 Å². The third-order valence-electron chi connectivity index (χ3n) is 6.03. The molecule has 3 aliphatic rings. The van der Waals surface area contributed by atoms with Gasteiger partial charge in [-0.25, -0.2) is 4.68 Å². The summed E-state index contributed by atoms with van der Waals surface area (Å²) in [6, 6.07) is 0.453. The van der Waals surface area contributed by atoms with E-state index in [0.717, 1.165) is 38.5 Å². The molecule has 4 atom stereocenters. The van der Waals surface area contributed by atoms with Gasteiger partial charge in [0.15, 0.2) is 0 Å². The molecule has 1 saturated heterocycles. The summed E-state index contributed by atoms with van der Waals surface area (Å²) < 4.78 is 7.79. The van der Waals surface area contributed by atoms with Crippen LogP contribution in [0, 0.1) is 17.8 Å². The molecule has 2 saturated carbocycles. The van der Waals surface area contributed by atoms with E-state index in [2.05, 4.69) is 34.5 Å². The van der Waals surface area contributed by atoms with Gasteiger partial charge in [-0.1, -0.05) is 0 Å². The van der Waals surface area contributed by atoms with Crippen molar-refractivity contribution in [3.8, 4) is 0 Å². The Morgan fingerprint density at radius 2 is 2.00 bits per heavy atom. The Hall–Kier alpha value is -1.54. The number of hydrogen-bond donors (Lipinski definition) is 0. The minimum Gasteiger partial charge on any atom is -0.376 e. The Labute approximate surface area is 148 Å². The largest absolute Gasteiger partial charge is 0.376 e. The predicted molar refractivity (Wildman–Crippen MR) is 90.6 cm³/mol. The zero-order valence-corrected chi connectivity index (χ0v) is 15.1. The molecular weight excluding hydrogens is 320 g/mol. The van der Waals surface area contributed by atoms with Gasteiger partial charge in [-0.05, 0) is 68.0 Å². The van der Waals surface area contributed by atoms with Crippen LogP contribution in [0.25, 0.3) is 0 Å². The Bertz CT molecular complexity index is 588. The van der Waals surface area contributed by atoms with Gasteiger partial charge in [0.2, 0.25) is 5.91 Å². The molecular formula is C17H28N6O2. The lowest BCUT2D eigenvalue weighted by Gasteiger charge is -2.41. The van der Waals surface area contributed by atoms with Crippen LogP contribution in [0.15, 0.2) is 6.33 Å². The van der Waals surface area contributed by atoms with Crippen molar-refractivity contribution < 1.29 is 9.53 Å². The highest BCUT2D eigenvalue weighted by atomic mass is 16.5. The molecule has 2 aliphatic carbocycles. The molecule has 0 N–H and O–H groups in total. The lowest BCUT2D eigenvalue weighted by Crippen LogP contribution is -2.48. The lowest BCUT2D eigenvalue weighted by molar-refractivity contribution is -0.131. The third-order valence-corrected chi connectivity index (χ3v) is 6.03. The highest BCUT2D eigenvalue weighted by Gasteiger charge is 2.44. The molecule has 1 aromatic heterocycles. The second-order valence-corrected chi connectivity index (χ2v) is 8.14. The highest BCUT2D eigenvalue weighted by Crippen LogP contribution is 2.40. The summed E-state index contributed by atoms with van der Waals surface area (Å²) in [4.78, 5) is 16.8. The number of ether oxygens (including phenoxy) is 1. The van der Waals surface area contributed by atoms with Crippen LogP contribution < -0.4 is 0 Å². The maximum atomic E-state index is 12.5. The molecule has 4 rings (SSSR count). The minimum absolute atomic E-state index is 0.110. The molecule has 138 valence electrons. The molecule has 1 aromatic rings. The van der Waals surface area contributed by atoms with E-state index in [-0.39, 0.29) is 12.5 Å². The second-order valence-electron chi connectivity index (χ2n) is 8.14. The van der Waals surface area contributed by atoms with Crippen LogP contribution in [0.3, 0.4) is 0 Å². The summed E-state index contributed by atoms with van der Waals surface area (Å²) in [7, 11) is 4.29. The molecule has 0 bridgehead atoms. The molecule has 2 heterocycles. The molecule has 1 amide bonds. The molecule has 0 radical (unpaired) electrons. The summed E-state index contributed by atoms with van der Waals surface area (Å²) in [5.74, 6) is 2.03. The minimum atomic E-state index is 0.110. The molecule has 0 aromatic carbocycles. The highest BCUT2D eigenvalue weighted by molar-refractivity contribution is 5.76. The predicted octanol–water partition coefficient (Wildman–Crippen LogP) is 0.267. The summed E-state index contributed by atoms with van der Waals surface area (Å²) in [5.41, 5.74) is 0. The lowest BCUT2D eigenvalue weighted by atomic mass is 9.77. The number of likely N-dealkylation sites (tertiary alicyclic amines) is 1. The van der Waals surface area contributed by atoms with Gasteiger partial charge in [0.25, 0.3) is 0 Å². The van der Waals surface area contributed by atoms with Crippen molar-refractivity contribution in [1.82, 2.24) is 30.0 Å². The van der Waals surface area contributed by atoms with Crippen molar-refractivity contribution in [3.05, 3.63) is 6.33 Å². The van der Waals surface area contributed by atoms with Crippen LogP contribution in [0.4, 0.5) is 0 Å². The summed E-state index contributed by atoms with van der Waals surface area (Å²) in [5, 5.41) is 11.0. The van der Waals surface area contributed by atoms with Crippen molar-refractivity contribution in [3.63, 3.8) is 0 Å². The SMILES string of the molecule is CN(C)[C@@H]1C[C@@H]2CN(C(=O)Cn3cnnn3)C[C@@H]2C[C@H]1OCC1CC1. The van der Waals surface area contributed by atoms with E-state index in [0.29, 0.717) is 24.0 Å². The maximum Gasteiger partial charge on any atom is 0.244 e. The normalized spacial score (nSPS) is 32.2. The van der Waals surface area contributed by atoms with Crippen LogP contribution in [0.2, 0.25) is 0 Å². The van der Waals surface area contributed by atoms with Gasteiger partial charge >= 0.3 is 0 Å². The zero-order chi connectivity index (χ0) is 17.4. The Morgan fingerprint density at radius 3 is 2.64 bits per heavy atom. The average Bonchev–Trinajstić information content (AvgIpc) is 3.09. The van der Waals surface area contributed by atoms with E-state index < -0.39 is 0 Å². The Morgan fingerprint density at radius 1 is 1.24 bits per heavy atom. The zero-order valence-electron chi connectivity index (χ0n) is 15.1. The number of amides is 1. The van der Waals surface area contributed by atoms with Gasteiger partial charge in [-0.15, -0.1) is 5.10 Å². The number of aromatic nitrogens is 4. The van der Waals surface area contributed by atoms with Gasteiger partial charge < -0.3 is 14.5 Å². The van der Waals surface area contributed by atoms with Crippen LogP contribution in [0.5, 0.6) is 0 Å². The summed E-state index contributed by atoms with van der Waals surface area (Å²) >= 11 is 0. The number of fused-ring (bicyclic) bond motifs is 1. The number of tetrazole rings is 1. The quantitative estimate of drug-likeness (QED) is 0.734. The van der Waals surface area contributed by atoms with Gasteiger partial charge in [0.1, 0.15) is 12.9 Å². The Kier molecular flexibility index (Phi) is 4.73. The Balaban J connectivity index is 1.36. The monoisotopic (exact) mass is 348 g/mol. The first-order valence-corrected chi connectivity index (χ1v) is 9.36. The van der Waals surface area contributed by atoms with Gasteiger partial charge in [0, 0.05) is 25.7 Å². The number of hydrogen-bond acceptors (Lipinski definition) is 6. The van der Waals surface area contributed by atoms with Gasteiger partial charge in [0.05, 0.1) is 6.10 Å². The van der Waals surface area contributed by atoms with E-state index in [9.17, 15) is 4.79 Å². The van der Waals surface area contributed by atoms with Crippen molar-refractivity contribution >= 4 is 5.91 Å². The molecule has 0 spiro atoms. The average molecular weight is 348 g/mol. The fraction of sp³-hybridized carbons (Fsp3) is 0.882. The van der Waals surface area contributed by atoms with E-state index in [4.69, 9.17) is 4.74 Å².